The van der Waals surface area contributed by atoms with Gasteiger partial charge in [0.1, 0.15) is 12.4 Å². The van der Waals surface area contributed by atoms with Crippen molar-refractivity contribution in [3.05, 3.63) is 29.8 Å². The van der Waals surface area contributed by atoms with Gasteiger partial charge in [-0.1, -0.05) is 26.0 Å². The molecule has 0 aliphatic rings. The molecule has 0 spiro atoms. The van der Waals surface area contributed by atoms with Crippen LogP contribution in [0.15, 0.2) is 24.3 Å². The van der Waals surface area contributed by atoms with Crippen LogP contribution in [0.4, 0.5) is 0 Å². The van der Waals surface area contributed by atoms with E-state index in [1.807, 2.05) is 19.1 Å². The van der Waals surface area contributed by atoms with Gasteiger partial charge in [-0.25, -0.2) is 0 Å². The SMILES string of the molecule is CC(N)CC(=O)NCCOc1ccc(C(C)C)cc1.Cl. The van der Waals surface area contributed by atoms with Crippen LogP contribution in [0.25, 0.3) is 0 Å². The summed E-state index contributed by atoms with van der Waals surface area (Å²) in [5.41, 5.74) is 6.82. The van der Waals surface area contributed by atoms with Crippen molar-refractivity contribution in [2.75, 3.05) is 13.2 Å². The van der Waals surface area contributed by atoms with Crippen LogP contribution >= 0.6 is 12.4 Å². The molecule has 0 saturated heterocycles. The Labute approximate surface area is 127 Å². The first-order chi connectivity index (χ1) is 8.99. The molecular formula is C15H25ClN2O2. The molecular weight excluding hydrogens is 276 g/mol. The molecule has 0 saturated carbocycles. The zero-order chi connectivity index (χ0) is 14.3. The van der Waals surface area contributed by atoms with Crippen LogP contribution in [0, 0.1) is 0 Å². The molecule has 0 fully saturated rings. The van der Waals surface area contributed by atoms with E-state index in [1.54, 1.807) is 0 Å². The van der Waals surface area contributed by atoms with Gasteiger partial charge in [0, 0.05) is 12.5 Å². The van der Waals surface area contributed by atoms with Crippen molar-refractivity contribution in [2.45, 2.75) is 39.2 Å². The summed E-state index contributed by atoms with van der Waals surface area (Å²) in [7, 11) is 0. The van der Waals surface area contributed by atoms with Gasteiger partial charge in [-0.15, -0.1) is 12.4 Å². The quantitative estimate of drug-likeness (QED) is 0.760. The molecule has 0 aromatic heterocycles. The summed E-state index contributed by atoms with van der Waals surface area (Å²) < 4.78 is 5.55. The van der Waals surface area contributed by atoms with E-state index in [2.05, 4.69) is 31.3 Å². The molecule has 1 aromatic carbocycles. The lowest BCUT2D eigenvalue weighted by atomic mass is 10.0. The van der Waals surface area contributed by atoms with Crippen molar-refractivity contribution in [2.24, 2.45) is 5.73 Å². The third kappa shape index (κ3) is 7.36. The summed E-state index contributed by atoms with van der Waals surface area (Å²) in [4.78, 5) is 11.3. The third-order valence-corrected chi connectivity index (χ3v) is 2.75. The Kier molecular flexibility index (Phi) is 9.01. The summed E-state index contributed by atoms with van der Waals surface area (Å²) in [5.74, 6) is 1.31. The van der Waals surface area contributed by atoms with E-state index in [0.717, 1.165) is 5.75 Å². The first-order valence-corrected chi connectivity index (χ1v) is 6.74. The lowest BCUT2D eigenvalue weighted by Crippen LogP contribution is -2.32. The molecule has 0 aliphatic carbocycles. The molecule has 1 amide bonds. The van der Waals surface area contributed by atoms with Gasteiger partial charge in [-0.05, 0) is 30.5 Å². The van der Waals surface area contributed by atoms with Crippen molar-refractivity contribution >= 4 is 18.3 Å². The van der Waals surface area contributed by atoms with Gasteiger partial charge in [0.15, 0.2) is 0 Å². The summed E-state index contributed by atoms with van der Waals surface area (Å²) in [6.07, 6.45) is 0.350. The number of hydrogen-bond donors (Lipinski definition) is 2. The summed E-state index contributed by atoms with van der Waals surface area (Å²) >= 11 is 0. The van der Waals surface area contributed by atoms with Crippen molar-refractivity contribution in [1.29, 1.82) is 0 Å². The molecule has 20 heavy (non-hydrogen) atoms. The van der Waals surface area contributed by atoms with Gasteiger partial charge in [0.05, 0.1) is 6.54 Å². The molecule has 1 atom stereocenters. The number of carbonyl (C=O) groups is 1. The van der Waals surface area contributed by atoms with Gasteiger partial charge in [-0.2, -0.15) is 0 Å². The Morgan fingerprint density at radius 3 is 2.35 bits per heavy atom. The fourth-order valence-electron chi connectivity index (χ4n) is 1.67. The second-order valence-electron chi connectivity index (χ2n) is 5.10. The molecule has 3 N–H and O–H groups in total. The minimum absolute atomic E-state index is 0. The standard InChI is InChI=1S/C15H24N2O2.ClH/c1-11(2)13-4-6-14(7-5-13)19-9-8-17-15(18)10-12(3)16;/h4-7,11-12H,8-10,16H2,1-3H3,(H,17,18);1H. The highest BCUT2D eigenvalue weighted by atomic mass is 35.5. The summed E-state index contributed by atoms with van der Waals surface area (Å²) in [5, 5.41) is 2.77. The Bertz CT molecular complexity index is 391. The number of rotatable bonds is 7. The normalized spacial score (nSPS) is 11.7. The Balaban J connectivity index is 0.00000361. The average Bonchev–Trinajstić information content (AvgIpc) is 2.34. The molecule has 1 aromatic rings. The van der Waals surface area contributed by atoms with Crippen LogP contribution in [0.3, 0.4) is 0 Å². The molecule has 114 valence electrons. The number of amides is 1. The van der Waals surface area contributed by atoms with Crippen molar-refractivity contribution in [3.63, 3.8) is 0 Å². The van der Waals surface area contributed by atoms with Crippen LogP contribution in [-0.2, 0) is 4.79 Å². The maximum Gasteiger partial charge on any atom is 0.221 e. The van der Waals surface area contributed by atoms with E-state index in [1.165, 1.54) is 5.56 Å². The summed E-state index contributed by atoms with van der Waals surface area (Å²) in [6.45, 7) is 7.09. The molecule has 4 nitrogen and oxygen atoms in total. The van der Waals surface area contributed by atoms with Crippen LogP contribution in [0.2, 0.25) is 0 Å². The van der Waals surface area contributed by atoms with Gasteiger partial charge < -0.3 is 15.8 Å². The topological polar surface area (TPSA) is 64.4 Å². The van der Waals surface area contributed by atoms with E-state index >= 15 is 0 Å². The average molecular weight is 301 g/mol. The lowest BCUT2D eigenvalue weighted by molar-refractivity contribution is -0.121. The Morgan fingerprint density at radius 2 is 1.85 bits per heavy atom. The van der Waals surface area contributed by atoms with Gasteiger partial charge in [0.25, 0.3) is 0 Å². The van der Waals surface area contributed by atoms with Crippen molar-refractivity contribution < 1.29 is 9.53 Å². The number of hydrogen-bond acceptors (Lipinski definition) is 3. The van der Waals surface area contributed by atoms with E-state index in [0.29, 0.717) is 25.5 Å². The fraction of sp³-hybridized carbons (Fsp3) is 0.533. The van der Waals surface area contributed by atoms with Crippen LogP contribution < -0.4 is 15.8 Å². The van der Waals surface area contributed by atoms with Crippen LogP contribution in [0.1, 0.15) is 38.7 Å². The van der Waals surface area contributed by atoms with Crippen molar-refractivity contribution in [3.8, 4) is 5.75 Å². The summed E-state index contributed by atoms with van der Waals surface area (Å²) in [6, 6.07) is 7.94. The highest BCUT2D eigenvalue weighted by Gasteiger charge is 2.04. The third-order valence-electron chi connectivity index (χ3n) is 2.75. The number of nitrogens with one attached hydrogen (secondary N) is 1. The number of ether oxygens (including phenoxy) is 1. The predicted molar refractivity (Wildman–Crippen MR) is 84.6 cm³/mol. The van der Waals surface area contributed by atoms with Gasteiger partial charge in [-0.3, -0.25) is 4.79 Å². The monoisotopic (exact) mass is 300 g/mol. The second-order valence-corrected chi connectivity index (χ2v) is 5.10. The Hall–Kier alpha value is -1.26. The second kappa shape index (κ2) is 9.61. The van der Waals surface area contributed by atoms with Crippen molar-refractivity contribution in [1.82, 2.24) is 5.32 Å². The fourth-order valence-corrected chi connectivity index (χ4v) is 1.67. The number of carbonyl (C=O) groups excluding carboxylic acids is 1. The smallest absolute Gasteiger partial charge is 0.221 e. The molecule has 1 rings (SSSR count). The van der Waals surface area contributed by atoms with E-state index in [-0.39, 0.29) is 24.4 Å². The maximum absolute atomic E-state index is 11.3. The minimum atomic E-state index is -0.107. The first kappa shape index (κ1) is 18.7. The van der Waals surface area contributed by atoms with Crippen LogP contribution in [-0.4, -0.2) is 25.1 Å². The molecule has 5 heteroatoms. The highest BCUT2D eigenvalue weighted by Crippen LogP contribution is 2.18. The van der Waals surface area contributed by atoms with E-state index < -0.39 is 0 Å². The van der Waals surface area contributed by atoms with Gasteiger partial charge >= 0.3 is 0 Å². The minimum Gasteiger partial charge on any atom is -0.492 e. The zero-order valence-electron chi connectivity index (χ0n) is 12.4. The number of nitrogens with two attached hydrogens (primary N) is 1. The predicted octanol–water partition coefficient (Wildman–Crippen LogP) is 2.46. The molecule has 0 heterocycles. The highest BCUT2D eigenvalue weighted by molar-refractivity contribution is 5.85. The first-order valence-electron chi connectivity index (χ1n) is 6.74. The van der Waals surface area contributed by atoms with Crippen LogP contribution in [0.5, 0.6) is 5.75 Å². The molecule has 0 radical (unpaired) electrons. The molecule has 0 bridgehead atoms. The lowest BCUT2D eigenvalue weighted by Gasteiger charge is -2.10. The van der Waals surface area contributed by atoms with Gasteiger partial charge in [0.2, 0.25) is 5.91 Å². The molecule has 1 unspecified atom stereocenters. The Morgan fingerprint density at radius 1 is 1.25 bits per heavy atom. The number of benzene rings is 1. The van der Waals surface area contributed by atoms with E-state index in [4.69, 9.17) is 10.5 Å². The largest absolute Gasteiger partial charge is 0.492 e. The maximum atomic E-state index is 11.3. The number of halogens is 1. The zero-order valence-corrected chi connectivity index (χ0v) is 13.2. The molecule has 0 aliphatic heterocycles. The van der Waals surface area contributed by atoms with E-state index in [9.17, 15) is 4.79 Å².